The lowest BCUT2D eigenvalue weighted by Crippen LogP contribution is -2.58. The summed E-state index contributed by atoms with van der Waals surface area (Å²) in [5, 5.41) is 0. The van der Waals surface area contributed by atoms with Crippen LogP contribution in [0.15, 0.2) is 48.5 Å². The zero-order chi connectivity index (χ0) is 29.4. The molecule has 0 fully saturated rings. The maximum Gasteiger partial charge on any atom is 0.118 e. The Morgan fingerprint density at radius 3 is 0.927 bits per heavy atom. The highest BCUT2D eigenvalue weighted by molar-refractivity contribution is 7.02. The molecule has 0 aliphatic heterocycles. The summed E-state index contributed by atoms with van der Waals surface area (Å²) in [6, 6.07) is 18.1. The van der Waals surface area contributed by atoms with E-state index in [-0.39, 0.29) is 0 Å². The highest BCUT2D eigenvalue weighted by atomic mass is 16.5. The standard InChI is InChI=1S/C38H64BO2/c1-5-7-9-11-13-15-17-19-21-23-33-39(35-25-29-37(40-3)30-26-35,36-27-31-38(41-4)32-28-36)34-24-22-20-18-16-14-12-10-8-6-2/h25-32H,5-24,33-34H2,1-4H3/q-1. The van der Waals surface area contributed by atoms with Crippen LogP contribution in [0.25, 0.3) is 0 Å². The zero-order valence-corrected chi connectivity index (χ0v) is 27.6. The molecule has 0 aliphatic carbocycles. The van der Waals surface area contributed by atoms with E-state index in [9.17, 15) is 0 Å². The maximum atomic E-state index is 5.54. The Kier molecular flexibility index (Phi) is 19.5. The van der Waals surface area contributed by atoms with E-state index in [0.717, 1.165) is 11.5 Å². The molecule has 0 aromatic heterocycles. The van der Waals surface area contributed by atoms with Gasteiger partial charge in [-0.05, 0) is 24.3 Å². The van der Waals surface area contributed by atoms with E-state index in [0.29, 0.717) is 0 Å². The Morgan fingerprint density at radius 2 is 0.659 bits per heavy atom. The molecule has 0 spiro atoms. The summed E-state index contributed by atoms with van der Waals surface area (Å²) in [4.78, 5) is 0. The third-order valence-corrected chi connectivity index (χ3v) is 9.61. The van der Waals surface area contributed by atoms with Gasteiger partial charge in [0.15, 0.2) is 0 Å². The normalized spacial score (nSPS) is 11.6. The van der Waals surface area contributed by atoms with E-state index in [2.05, 4.69) is 62.4 Å². The first kappa shape index (κ1) is 35.3. The van der Waals surface area contributed by atoms with Crippen LogP contribution >= 0.6 is 0 Å². The molecular formula is C38H64BO2-. The van der Waals surface area contributed by atoms with E-state index in [1.807, 2.05) is 0 Å². The van der Waals surface area contributed by atoms with E-state index in [1.54, 1.807) is 14.2 Å². The molecule has 0 unspecified atom stereocenters. The van der Waals surface area contributed by atoms with Crippen LogP contribution in [0.3, 0.4) is 0 Å². The van der Waals surface area contributed by atoms with Crippen LogP contribution in [-0.2, 0) is 0 Å². The third-order valence-electron chi connectivity index (χ3n) is 9.61. The quantitative estimate of drug-likeness (QED) is 0.0837. The van der Waals surface area contributed by atoms with Crippen molar-refractivity contribution < 1.29 is 9.47 Å². The lowest BCUT2D eigenvalue weighted by Gasteiger charge is -2.42. The van der Waals surface area contributed by atoms with Gasteiger partial charge in [-0.3, -0.25) is 0 Å². The van der Waals surface area contributed by atoms with Gasteiger partial charge in [-0.1, -0.05) is 167 Å². The molecule has 0 saturated carbocycles. The molecule has 41 heavy (non-hydrogen) atoms. The Balaban J connectivity index is 2.04. The van der Waals surface area contributed by atoms with E-state index < -0.39 is 6.15 Å². The first-order valence-corrected chi connectivity index (χ1v) is 17.7. The monoisotopic (exact) mass is 564 g/mol. The summed E-state index contributed by atoms with van der Waals surface area (Å²) in [5.74, 6) is 1.90. The first-order chi connectivity index (χ1) is 20.2. The van der Waals surface area contributed by atoms with Crippen LogP contribution in [0.2, 0.25) is 12.6 Å². The van der Waals surface area contributed by atoms with E-state index >= 15 is 0 Å². The fourth-order valence-corrected chi connectivity index (χ4v) is 6.91. The van der Waals surface area contributed by atoms with Crippen molar-refractivity contribution >= 4 is 17.1 Å². The highest BCUT2D eigenvalue weighted by Gasteiger charge is 2.27. The SMILES string of the molecule is CCCCCCCCCCCC[B-](CCCCCCCCCCCC)(c1ccc(OC)cc1)c1ccc(OC)cc1. The maximum absolute atomic E-state index is 5.54. The predicted octanol–water partition coefficient (Wildman–Crippen LogP) is 11.1. The molecule has 0 aliphatic rings. The van der Waals surface area contributed by atoms with Crippen LogP contribution < -0.4 is 20.4 Å². The van der Waals surface area contributed by atoms with Crippen molar-refractivity contribution in [3.8, 4) is 11.5 Å². The molecule has 2 aromatic carbocycles. The molecule has 0 N–H and O–H groups in total. The number of hydrogen-bond donors (Lipinski definition) is 0. The van der Waals surface area contributed by atoms with Gasteiger partial charge in [0.1, 0.15) is 11.5 Å². The van der Waals surface area contributed by atoms with E-state index in [1.165, 1.54) is 152 Å². The molecule has 0 heterocycles. The van der Waals surface area contributed by atoms with Crippen molar-refractivity contribution in [3.05, 3.63) is 48.5 Å². The summed E-state index contributed by atoms with van der Waals surface area (Å²) in [6.45, 7) is 4.60. The minimum atomic E-state index is -0.838. The molecule has 2 aromatic rings. The van der Waals surface area contributed by atoms with Crippen LogP contribution in [0.4, 0.5) is 0 Å². The highest BCUT2D eigenvalue weighted by Crippen LogP contribution is 2.26. The molecular weight excluding hydrogens is 499 g/mol. The number of unbranched alkanes of at least 4 members (excludes halogenated alkanes) is 18. The van der Waals surface area contributed by atoms with Crippen molar-refractivity contribution in [2.24, 2.45) is 0 Å². The molecule has 2 nitrogen and oxygen atoms in total. The minimum absolute atomic E-state index is 0.838. The van der Waals surface area contributed by atoms with Crippen LogP contribution in [0.1, 0.15) is 142 Å². The number of hydrogen-bond acceptors (Lipinski definition) is 2. The topological polar surface area (TPSA) is 18.5 Å². The van der Waals surface area contributed by atoms with Crippen molar-refractivity contribution in [3.63, 3.8) is 0 Å². The van der Waals surface area contributed by atoms with Crippen LogP contribution in [0, 0.1) is 0 Å². The number of ether oxygens (including phenoxy) is 2. The van der Waals surface area contributed by atoms with Gasteiger partial charge in [0, 0.05) is 0 Å². The minimum Gasteiger partial charge on any atom is -0.497 e. The molecule has 0 saturated heterocycles. The Morgan fingerprint density at radius 1 is 0.390 bits per heavy atom. The number of rotatable bonds is 26. The summed E-state index contributed by atoms with van der Waals surface area (Å²) in [7, 11) is 3.54. The van der Waals surface area contributed by atoms with Crippen LogP contribution in [0.5, 0.6) is 11.5 Å². The van der Waals surface area contributed by atoms with Crippen molar-refractivity contribution in [1.82, 2.24) is 0 Å². The molecule has 0 bridgehead atoms. The predicted molar refractivity (Wildman–Crippen MR) is 184 cm³/mol. The second kappa shape index (κ2) is 22.7. The molecule has 0 atom stereocenters. The van der Waals surface area contributed by atoms with Crippen molar-refractivity contribution in [2.75, 3.05) is 14.2 Å². The fraction of sp³-hybridized carbons (Fsp3) is 0.684. The Labute approximate surface area is 255 Å². The summed E-state index contributed by atoms with van der Waals surface area (Å²) < 4.78 is 11.1. The first-order valence-electron chi connectivity index (χ1n) is 17.7. The average molecular weight is 564 g/mol. The van der Waals surface area contributed by atoms with Gasteiger partial charge in [0.2, 0.25) is 0 Å². The van der Waals surface area contributed by atoms with Crippen molar-refractivity contribution in [2.45, 2.75) is 155 Å². The summed E-state index contributed by atoms with van der Waals surface area (Å²) >= 11 is 0. The molecule has 232 valence electrons. The summed E-state index contributed by atoms with van der Waals surface area (Å²) in [5.41, 5.74) is 3.01. The smallest absolute Gasteiger partial charge is 0.118 e. The number of benzene rings is 2. The van der Waals surface area contributed by atoms with E-state index in [4.69, 9.17) is 9.47 Å². The zero-order valence-electron chi connectivity index (χ0n) is 27.6. The average Bonchev–Trinajstić information content (AvgIpc) is 3.02. The fourth-order valence-electron chi connectivity index (χ4n) is 6.91. The largest absolute Gasteiger partial charge is 0.497 e. The molecule has 0 radical (unpaired) electrons. The molecule has 3 heteroatoms. The Hall–Kier alpha value is -1.90. The summed E-state index contributed by atoms with van der Waals surface area (Å²) in [6.07, 6.45) is 29.4. The van der Waals surface area contributed by atoms with Crippen molar-refractivity contribution in [1.29, 1.82) is 0 Å². The second-order valence-corrected chi connectivity index (χ2v) is 12.7. The molecule has 2 rings (SSSR count). The lowest BCUT2D eigenvalue weighted by atomic mass is 9.15. The van der Waals surface area contributed by atoms with Gasteiger partial charge in [-0.15, -0.1) is 0 Å². The van der Waals surface area contributed by atoms with Gasteiger partial charge in [-0.25, -0.2) is 10.9 Å². The van der Waals surface area contributed by atoms with Gasteiger partial charge >= 0.3 is 0 Å². The van der Waals surface area contributed by atoms with Gasteiger partial charge in [0.05, 0.1) is 20.4 Å². The second-order valence-electron chi connectivity index (χ2n) is 12.7. The van der Waals surface area contributed by atoms with Gasteiger partial charge in [0.25, 0.3) is 0 Å². The Bertz CT molecular complexity index is 787. The third kappa shape index (κ3) is 13.7. The van der Waals surface area contributed by atoms with Gasteiger partial charge in [-0.2, -0.15) is 12.6 Å². The van der Waals surface area contributed by atoms with Gasteiger partial charge < -0.3 is 9.47 Å². The number of methoxy groups -OCH3 is 2. The van der Waals surface area contributed by atoms with Crippen LogP contribution in [-0.4, -0.2) is 20.4 Å². The lowest BCUT2D eigenvalue weighted by molar-refractivity contribution is 0.415. The molecule has 0 amide bonds.